The molecule has 0 amide bonds. The second kappa shape index (κ2) is 15.6. The van der Waals surface area contributed by atoms with Crippen LogP contribution in [0, 0.1) is 5.92 Å². The molecule has 1 saturated carbocycles. The maximum atomic E-state index is 9.19. The molecule has 0 aromatic rings. The molecule has 0 radical (unpaired) electrons. The Kier molecular flexibility index (Phi) is 15.8. The third kappa shape index (κ3) is 10.3. The van der Waals surface area contributed by atoms with Gasteiger partial charge in [0, 0.05) is 31.0 Å². The normalized spacial score (nSPS) is 22.6. The van der Waals surface area contributed by atoms with Crippen LogP contribution in [0.1, 0.15) is 65.7 Å². The lowest BCUT2D eigenvalue weighted by atomic mass is 9.95. The van der Waals surface area contributed by atoms with Crippen LogP contribution in [0.4, 0.5) is 0 Å². The number of nitrogens with zero attached hydrogens (tertiary/aromatic N) is 1. The molecule has 3 unspecified atom stereocenters. The molecule has 144 valence electrons. The fraction of sp³-hybridized carbons (Fsp3) is 0.944. The van der Waals surface area contributed by atoms with Crippen LogP contribution >= 0.6 is 35.7 Å². The Bertz CT molecular complexity index is 323. The molecule has 0 spiro atoms. The fourth-order valence-electron chi connectivity index (χ4n) is 3.31. The summed E-state index contributed by atoms with van der Waals surface area (Å²) in [4.78, 5) is 4.79. The van der Waals surface area contributed by atoms with Gasteiger partial charge in [-0.3, -0.25) is 4.99 Å². The van der Waals surface area contributed by atoms with Crippen LogP contribution in [0.15, 0.2) is 4.99 Å². The molecule has 4 nitrogen and oxygen atoms in total. The van der Waals surface area contributed by atoms with Crippen molar-refractivity contribution in [2.24, 2.45) is 10.9 Å². The van der Waals surface area contributed by atoms with E-state index < -0.39 is 0 Å². The smallest absolute Gasteiger partial charge is 0.191 e. The molecule has 0 saturated heterocycles. The van der Waals surface area contributed by atoms with Crippen LogP contribution in [-0.2, 0) is 0 Å². The molecule has 3 N–H and O–H groups in total. The van der Waals surface area contributed by atoms with Gasteiger partial charge in [0.05, 0.1) is 0 Å². The zero-order valence-electron chi connectivity index (χ0n) is 15.7. The number of hydrogen-bond donors (Lipinski definition) is 3. The Balaban J connectivity index is 0.00000529. The summed E-state index contributed by atoms with van der Waals surface area (Å²) in [5, 5.41) is 17.0. The summed E-state index contributed by atoms with van der Waals surface area (Å²) >= 11 is 2.10. The minimum absolute atomic E-state index is 0. The summed E-state index contributed by atoms with van der Waals surface area (Å²) in [7, 11) is 0. The Morgan fingerprint density at radius 1 is 1.25 bits per heavy atom. The van der Waals surface area contributed by atoms with Crippen molar-refractivity contribution in [3.63, 3.8) is 0 Å². The molecule has 1 aliphatic carbocycles. The van der Waals surface area contributed by atoms with Crippen LogP contribution < -0.4 is 10.6 Å². The maximum absolute atomic E-state index is 9.19. The highest BCUT2D eigenvalue weighted by atomic mass is 127. The highest BCUT2D eigenvalue weighted by molar-refractivity contribution is 14.0. The molecule has 1 aliphatic rings. The predicted octanol–water partition coefficient (Wildman–Crippen LogP) is 4.02. The first-order valence-electron chi connectivity index (χ1n) is 9.50. The van der Waals surface area contributed by atoms with Gasteiger partial charge < -0.3 is 15.7 Å². The number of halogens is 1. The second-order valence-corrected chi connectivity index (χ2v) is 8.05. The lowest BCUT2D eigenvalue weighted by Gasteiger charge is -2.30. The first-order chi connectivity index (χ1) is 11.2. The van der Waals surface area contributed by atoms with Gasteiger partial charge in [-0.25, -0.2) is 0 Å². The van der Waals surface area contributed by atoms with Crippen molar-refractivity contribution in [1.29, 1.82) is 0 Å². The van der Waals surface area contributed by atoms with E-state index in [0.717, 1.165) is 43.6 Å². The monoisotopic (exact) mass is 471 g/mol. The van der Waals surface area contributed by atoms with E-state index in [0.29, 0.717) is 12.0 Å². The average molecular weight is 471 g/mol. The second-order valence-electron chi connectivity index (χ2n) is 6.47. The highest BCUT2D eigenvalue weighted by Crippen LogP contribution is 2.28. The first-order valence-corrected chi connectivity index (χ1v) is 10.6. The van der Waals surface area contributed by atoms with Gasteiger partial charge in [0.1, 0.15) is 0 Å². The van der Waals surface area contributed by atoms with Crippen LogP contribution in [0.25, 0.3) is 0 Å². The van der Waals surface area contributed by atoms with Crippen molar-refractivity contribution in [2.75, 3.05) is 25.4 Å². The number of guanidine groups is 1. The Morgan fingerprint density at radius 3 is 2.67 bits per heavy atom. The van der Waals surface area contributed by atoms with Gasteiger partial charge in [-0.05, 0) is 50.7 Å². The average Bonchev–Trinajstić information content (AvgIpc) is 2.54. The Labute approximate surface area is 170 Å². The summed E-state index contributed by atoms with van der Waals surface area (Å²) in [5.41, 5.74) is 0. The minimum Gasteiger partial charge on any atom is -0.396 e. The van der Waals surface area contributed by atoms with Crippen LogP contribution in [0.5, 0.6) is 0 Å². The third-order valence-corrected chi connectivity index (χ3v) is 5.69. The predicted molar refractivity (Wildman–Crippen MR) is 119 cm³/mol. The third-order valence-electron chi connectivity index (χ3n) is 4.46. The molecule has 0 heterocycles. The number of thioether (sulfide) groups is 1. The summed E-state index contributed by atoms with van der Waals surface area (Å²) in [6.07, 6.45) is 8.33. The van der Waals surface area contributed by atoms with E-state index in [2.05, 4.69) is 43.2 Å². The molecule has 3 atom stereocenters. The zero-order valence-corrected chi connectivity index (χ0v) is 18.9. The standard InChI is InChI=1S/C18H37N3OS.HI/c1-4-8-15(11-12-22)14-20-18(19-5-2)21-16-9-7-10-17(13-16)23-6-3;/h15-17,22H,4-14H2,1-3H3,(H2,19,20,21);1H. The van der Waals surface area contributed by atoms with E-state index in [1.165, 1.54) is 31.4 Å². The lowest BCUT2D eigenvalue weighted by molar-refractivity contribution is 0.253. The molecule has 0 bridgehead atoms. The van der Waals surface area contributed by atoms with E-state index in [4.69, 9.17) is 4.99 Å². The number of rotatable bonds is 10. The molecule has 1 fully saturated rings. The molecule has 0 aromatic carbocycles. The summed E-state index contributed by atoms with van der Waals surface area (Å²) < 4.78 is 0. The molecular formula is C18H38IN3OS. The molecule has 0 aliphatic heterocycles. The van der Waals surface area contributed by atoms with Crippen LogP contribution in [0.3, 0.4) is 0 Å². The summed E-state index contributed by atoms with van der Waals surface area (Å²) in [6, 6.07) is 0.549. The van der Waals surface area contributed by atoms with Crippen molar-refractivity contribution >= 4 is 41.7 Å². The van der Waals surface area contributed by atoms with Gasteiger partial charge in [0.15, 0.2) is 5.96 Å². The lowest BCUT2D eigenvalue weighted by Crippen LogP contribution is -2.46. The van der Waals surface area contributed by atoms with Gasteiger partial charge in [0.2, 0.25) is 0 Å². The quantitative estimate of drug-likeness (QED) is 0.256. The summed E-state index contributed by atoms with van der Waals surface area (Å²) in [6.45, 7) is 8.54. The Hall–Kier alpha value is 0.310. The minimum atomic E-state index is 0. The van der Waals surface area contributed by atoms with Gasteiger partial charge in [0.25, 0.3) is 0 Å². The van der Waals surface area contributed by atoms with Gasteiger partial charge in [-0.1, -0.05) is 26.7 Å². The number of aliphatic imine (C=N–C) groups is 1. The number of hydrogen-bond acceptors (Lipinski definition) is 3. The fourth-order valence-corrected chi connectivity index (χ4v) is 4.49. The van der Waals surface area contributed by atoms with Crippen molar-refractivity contribution < 1.29 is 5.11 Å². The maximum Gasteiger partial charge on any atom is 0.191 e. The van der Waals surface area contributed by atoms with Crippen LogP contribution in [0.2, 0.25) is 0 Å². The van der Waals surface area contributed by atoms with E-state index in [1.54, 1.807) is 0 Å². The number of aliphatic hydroxyl groups is 1. The van der Waals surface area contributed by atoms with Gasteiger partial charge in [-0.15, -0.1) is 24.0 Å². The molecule has 1 rings (SSSR count). The van der Waals surface area contributed by atoms with Crippen molar-refractivity contribution in [3.05, 3.63) is 0 Å². The molecule has 6 heteroatoms. The zero-order chi connectivity index (χ0) is 16.9. The van der Waals surface area contributed by atoms with Crippen molar-refractivity contribution in [3.8, 4) is 0 Å². The molecule has 0 aromatic heterocycles. The van der Waals surface area contributed by atoms with Gasteiger partial charge >= 0.3 is 0 Å². The summed E-state index contributed by atoms with van der Waals surface area (Å²) in [5.74, 6) is 2.67. The van der Waals surface area contributed by atoms with Crippen LogP contribution in [-0.4, -0.2) is 47.8 Å². The first kappa shape index (κ1) is 24.3. The molecular weight excluding hydrogens is 433 g/mol. The van der Waals surface area contributed by atoms with E-state index in [9.17, 15) is 5.11 Å². The van der Waals surface area contributed by atoms with E-state index in [1.807, 2.05) is 0 Å². The molecule has 24 heavy (non-hydrogen) atoms. The van der Waals surface area contributed by atoms with Gasteiger partial charge in [-0.2, -0.15) is 11.8 Å². The highest BCUT2D eigenvalue weighted by Gasteiger charge is 2.22. The van der Waals surface area contributed by atoms with Crippen molar-refractivity contribution in [1.82, 2.24) is 10.6 Å². The SMILES string of the molecule is CCCC(CCO)CN=C(NCC)NC1CCCC(SCC)C1.I. The van der Waals surface area contributed by atoms with Crippen molar-refractivity contribution in [2.45, 2.75) is 77.0 Å². The topological polar surface area (TPSA) is 56.7 Å². The largest absolute Gasteiger partial charge is 0.396 e. The Morgan fingerprint density at radius 2 is 2.04 bits per heavy atom. The van der Waals surface area contributed by atoms with E-state index >= 15 is 0 Å². The number of nitrogens with one attached hydrogen (secondary N) is 2. The number of aliphatic hydroxyl groups excluding tert-OH is 1. The van der Waals surface area contributed by atoms with E-state index in [-0.39, 0.29) is 30.6 Å².